The van der Waals surface area contributed by atoms with Gasteiger partial charge in [-0.3, -0.25) is 14.4 Å². The van der Waals surface area contributed by atoms with E-state index in [1.807, 2.05) is 21.1 Å². The van der Waals surface area contributed by atoms with Gasteiger partial charge in [-0.1, -0.05) is 0 Å². The van der Waals surface area contributed by atoms with Crippen LogP contribution in [0.4, 0.5) is 0 Å². The van der Waals surface area contributed by atoms with Crippen LogP contribution < -0.4 is 5.73 Å². The third kappa shape index (κ3) is 8.97. The molecule has 2 atom stereocenters. The van der Waals surface area contributed by atoms with Gasteiger partial charge >= 0.3 is 17.9 Å². The van der Waals surface area contributed by atoms with Crippen molar-refractivity contribution in [2.24, 2.45) is 5.73 Å². The van der Waals surface area contributed by atoms with E-state index < -0.39 is 36.5 Å². The molecule has 0 aromatic heterocycles. The lowest BCUT2D eigenvalue weighted by atomic mass is 10.2. The molecule has 0 amide bonds. The lowest BCUT2D eigenvalue weighted by molar-refractivity contribution is -0.873. The maximum atomic E-state index is 11.5. The van der Waals surface area contributed by atoms with Crippen molar-refractivity contribution in [2.75, 3.05) is 27.7 Å². The number of carbonyl (C=O) groups excluding carboxylic acids is 1. The highest BCUT2D eigenvalue weighted by atomic mass is 16.5. The second kappa shape index (κ2) is 7.05. The number of carboxylic acids is 2. The molecular formula is C11H21N2O6+. The van der Waals surface area contributed by atoms with Crippen LogP contribution in [0.1, 0.15) is 12.8 Å². The summed E-state index contributed by atoms with van der Waals surface area (Å²) in [5.74, 6) is -3.22. The average Bonchev–Trinajstić information content (AvgIpc) is 2.11. The molecule has 0 spiro atoms. The van der Waals surface area contributed by atoms with Gasteiger partial charge in [0.05, 0.1) is 34.0 Å². The standard InChI is InChI=1S/C11H20N2O6/c1-13(2,3)6-7(4-9(14)15)19-11(18)8(12)5-10(16)17/h7-8H,4-6,12H2,1-3H3,(H-,14,15,16,17)/p+1/t7?,8-/m0/s1. The molecule has 0 aliphatic rings. The van der Waals surface area contributed by atoms with Gasteiger partial charge in [0.1, 0.15) is 12.6 Å². The van der Waals surface area contributed by atoms with E-state index in [-0.39, 0.29) is 13.0 Å². The van der Waals surface area contributed by atoms with Gasteiger partial charge in [0.25, 0.3) is 0 Å². The van der Waals surface area contributed by atoms with E-state index in [0.717, 1.165) is 0 Å². The van der Waals surface area contributed by atoms with E-state index in [2.05, 4.69) is 0 Å². The van der Waals surface area contributed by atoms with Crippen LogP contribution in [0, 0.1) is 0 Å². The summed E-state index contributed by atoms with van der Waals surface area (Å²) < 4.78 is 5.38. The highest BCUT2D eigenvalue weighted by Gasteiger charge is 2.27. The zero-order valence-corrected chi connectivity index (χ0v) is 11.3. The van der Waals surface area contributed by atoms with Gasteiger partial charge in [0.2, 0.25) is 0 Å². The Morgan fingerprint density at radius 1 is 1.11 bits per heavy atom. The number of ether oxygens (including phenoxy) is 1. The van der Waals surface area contributed by atoms with E-state index in [1.165, 1.54) is 0 Å². The average molecular weight is 277 g/mol. The molecule has 8 heteroatoms. The molecule has 0 radical (unpaired) electrons. The zero-order chi connectivity index (χ0) is 15.2. The molecular weight excluding hydrogens is 256 g/mol. The highest BCUT2D eigenvalue weighted by Crippen LogP contribution is 2.07. The predicted octanol–water partition coefficient (Wildman–Crippen LogP) is -1.12. The Labute approximate surface area is 111 Å². The van der Waals surface area contributed by atoms with Crippen molar-refractivity contribution in [1.29, 1.82) is 0 Å². The summed E-state index contributed by atoms with van der Waals surface area (Å²) in [6.45, 7) is 0.290. The molecule has 4 N–H and O–H groups in total. The number of esters is 1. The summed E-state index contributed by atoms with van der Waals surface area (Å²) in [6.07, 6.45) is -1.74. The van der Waals surface area contributed by atoms with E-state index in [0.29, 0.717) is 4.48 Å². The molecule has 110 valence electrons. The van der Waals surface area contributed by atoms with Crippen LogP contribution in [0.25, 0.3) is 0 Å². The van der Waals surface area contributed by atoms with Crippen molar-refractivity contribution < 1.29 is 33.8 Å². The van der Waals surface area contributed by atoms with E-state index in [9.17, 15) is 14.4 Å². The largest absolute Gasteiger partial charge is 0.481 e. The molecule has 0 aliphatic heterocycles. The third-order valence-corrected chi connectivity index (χ3v) is 2.13. The Balaban J connectivity index is 4.58. The quantitative estimate of drug-likeness (QED) is 0.379. The number of aliphatic carboxylic acids is 2. The van der Waals surface area contributed by atoms with Crippen molar-refractivity contribution in [2.45, 2.75) is 25.0 Å². The maximum Gasteiger partial charge on any atom is 0.324 e. The van der Waals surface area contributed by atoms with E-state index in [4.69, 9.17) is 20.7 Å². The number of nitrogens with zero attached hydrogens (tertiary/aromatic N) is 1. The van der Waals surface area contributed by atoms with Crippen LogP contribution >= 0.6 is 0 Å². The number of carboxylic acid groups (broad SMARTS) is 2. The topological polar surface area (TPSA) is 127 Å². The summed E-state index contributed by atoms with van der Waals surface area (Å²) in [5, 5.41) is 17.3. The zero-order valence-electron chi connectivity index (χ0n) is 11.3. The third-order valence-electron chi connectivity index (χ3n) is 2.13. The Morgan fingerprint density at radius 3 is 1.95 bits per heavy atom. The molecule has 0 aromatic rings. The van der Waals surface area contributed by atoms with Crippen LogP contribution in [0.3, 0.4) is 0 Å². The number of hydrogen-bond donors (Lipinski definition) is 3. The molecule has 0 aliphatic carbocycles. The fourth-order valence-electron chi connectivity index (χ4n) is 1.47. The molecule has 19 heavy (non-hydrogen) atoms. The van der Waals surface area contributed by atoms with Crippen molar-refractivity contribution >= 4 is 17.9 Å². The molecule has 0 saturated heterocycles. The number of hydrogen-bond acceptors (Lipinski definition) is 5. The maximum absolute atomic E-state index is 11.5. The van der Waals surface area contributed by atoms with Gasteiger partial charge in [0, 0.05) is 0 Å². The van der Waals surface area contributed by atoms with Gasteiger partial charge in [0.15, 0.2) is 6.10 Å². The molecule has 1 unspecified atom stereocenters. The molecule has 8 nitrogen and oxygen atoms in total. The molecule has 0 saturated carbocycles. The smallest absolute Gasteiger partial charge is 0.324 e. The van der Waals surface area contributed by atoms with E-state index in [1.54, 1.807) is 0 Å². The van der Waals surface area contributed by atoms with Crippen LogP contribution in [0.5, 0.6) is 0 Å². The number of quaternary nitrogens is 1. The van der Waals surface area contributed by atoms with Gasteiger partial charge < -0.3 is 25.2 Å². The fraction of sp³-hybridized carbons (Fsp3) is 0.727. The van der Waals surface area contributed by atoms with Gasteiger partial charge in [-0.2, -0.15) is 0 Å². The number of carbonyl (C=O) groups is 3. The molecule has 0 fully saturated rings. The van der Waals surface area contributed by atoms with Crippen LogP contribution in [-0.2, 0) is 19.1 Å². The molecule has 0 rings (SSSR count). The minimum atomic E-state index is -1.29. The monoisotopic (exact) mass is 277 g/mol. The Bertz CT molecular complexity index is 350. The highest BCUT2D eigenvalue weighted by molar-refractivity contribution is 5.82. The Morgan fingerprint density at radius 2 is 1.58 bits per heavy atom. The first kappa shape index (κ1) is 17.3. The van der Waals surface area contributed by atoms with Gasteiger partial charge in [-0.15, -0.1) is 0 Å². The van der Waals surface area contributed by atoms with Gasteiger partial charge in [-0.25, -0.2) is 0 Å². The van der Waals surface area contributed by atoms with Crippen molar-refractivity contribution in [1.82, 2.24) is 0 Å². The number of nitrogens with two attached hydrogens (primary N) is 1. The summed E-state index contributed by atoms with van der Waals surface area (Å²) in [7, 11) is 5.46. The van der Waals surface area contributed by atoms with Crippen LogP contribution in [-0.4, -0.2) is 72.4 Å². The molecule has 0 heterocycles. The summed E-state index contributed by atoms with van der Waals surface area (Å²) in [6, 6.07) is -1.29. The fourth-order valence-corrected chi connectivity index (χ4v) is 1.47. The second-order valence-corrected chi connectivity index (χ2v) is 5.33. The first-order chi connectivity index (χ1) is 8.51. The minimum Gasteiger partial charge on any atom is -0.481 e. The first-order valence-corrected chi connectivity index (χ1v) is 5.71. The second-order valence-electron chi connectivity index (χ2n) is 5.33. The lowest BCUT2D eigenvalue weighted by Crippen LogP contribution is -2.46. The number of likely N-dealkylation sites (N-methyl/N-ethyl adjacent to an activating group) is 1. The Kier molecular flexibility index (Phi) is 6.43. The lowest BCUT2D eigenvalue weighted by Gasteiger charge is -2.28. The Hall–Kier alpha value is -1.67. The summed E-state index contributed by atoms with van der Waals surface area (Å²) >= 11 is 0. The summed E-state index contributed by atoms with van der Waals surface area (Å²) in [4.78, 5) is 32.7. The SMILES string of the molecule is C[N+](C)(C)CC(CC(=O)O)OC(=O)[C@@H](N)CC(=O)O. The van der Waals surface area contributed by atoms with Crippen LogP contribution in [0.15, 0.2) is 0 Å². The normalized spacial score (nSPS) is 14.5. The molecule has 0 aromatic carbocycles. The van der Waals surface area contributed by atoms with E-state index >= 15 is 0 Å². The summed E-state index contributed by atoms with van der Waals surface area (Å²) in [5.41, 5.74) is 5.35. The van der Waals surface area contributed by atoms with Crippen molar-refractivity contribution in [3.8, 4) is 0 Å². The van der Waals surface area contributed by atoms with Crippen molar-refractivity contribution in [3.63, 3.8) is 0 Å². The predicted molar refractivity (Wildman–Crippen MR) is 65.3 cm³/mol. The molecule has 0 bridgehead atoms. The van der Waals surface area contributed by atoms with Crippen LogP contribution in [0.2, 0.25) is 0 Å². The van der Waals surface area contributed by atoms with Crippen molar-refractivity contribution in [3.05, 3.63) is 0 Å². The minimum absolute atomic E-state index is 0.290. The first-order valence-electron chi connectivity index (χ1n) is 5.71. The van der Waals surface area contributed by atoms with Gasteiger partial charge in [-0.05, 0) is 0 Å². The number of rotatable bonds is 8.